The molecular weight excluding hydrogens is 306 g/mol. The first-order valence-electron chi connectivity index (χ1n) is 7.79. The van der Waals surface area contributed by atoms with Crippen molar-refractivity contribution >= 4 is 17.2 Å². The molecule has 0 bridgehead atoms. The minimum atomic E-state index is -0.00115. The fourth-order valence-corrected chi connectivity index (χ4v) is 4.39. The molecule has 0 unspecified atom stereocenters. The van der Waals surface area contributed by atoms with E-state index in [0.717, 1.165) is 35.5 Å². The quantitative estimate of drug-likeness (QED) is 0.800. The second kappa shape index (κ2) is 6.01. The Bertz CT molecular complexity index is 822. The summed E-state index contributed by atoms with van der Waals surface area (Å²) in [5, 5.41) is 4.05. The van der Waals surface area contributed by atoms with Crippen LogP contribution < -0.4 is 5.32 Å². The maximum absolute atomic E-state index is 12.8. The topological polar surface area (TPSA) is 46.9 Å². The average molecular weight is 323 g/mol. The Balaban J connectivity index is 1.63. The highest BCUT2D eigenvalue weighted by Gasteiger charge is 2.27. The number of carbonyl (C=O) groups is 1. The maximum atomic E-state index is 12.8. The smallest absolute Gasteiger partial charge is 0.254 e. The number of nitrogens with zero attached hydrogens (tertiary/aromatic N) is 2. The number of hydrogen-bond donors (Lipinski definition) is 1. The van der Waals surface area contributed by atoms with Crippen LogP contribution in [0, 0.1) is 0 Å². The number of amides is 1. The summed E-state index contributed by atoms with van der Waals surface area (Å²) in [6.45, 7) is 0.454. The highest BCUT2D eigenvalue weighted by molar-refractivity contribution is 7.15. The Hall–Kier alpha value is -2.40. The fourth-order valence-electron chi connectivity index (χ4n) is 3.04. The van der Waals surface area contributed by atoms with Gasteiger partial charge in [-0.05, 0) is 49.1 Å². The normalized spacial score (nSPS) is 13.0. The highest BCUT2D eigenvalue weighted by Crippen LogP contribution is 2.37. The van der Waals surface area contributed by atoms with E-state index in [-0.39, 0.29) is 5.91 Å². The van der Waals surface area contributed by atoms with Crippen LogP contribution in [0.25, 0.3) is 5.00 Å². The Morgan fingerprint density at radius 2 is 2.09 bits per heavy atom. The number of hydrogen-bond acceptors (Lipinski definition) is 3. The van der Waals surface area contributed by atoms with Gasteiger partial charge in [0, 0.05) is 23.5 Å². The third kappa shape index (κ3) is 2.68. The molecule has 4 rings (SSSR count). The summed E-state index contributed by atoms with van der Waals surface area (Å²) >= 11 is 1.74. The van der Waals surface area contributed by atoms with Crippen LogP contribution in [-0.4, -0.2) is 15.5 Å². The molecule has 1 amide bonds. The van der Waals surface area contributed by atoms with E-state index in [1.54, 1.807) is 17.5 Å². The molecule has 1 N–H and O–H groups in total. The Labute approximate surface area is 138 Å². The lowest BCUT2D eigenvalue weighted by molar-refractivity contribution is 0.0950. The summed E-state index contributed by atoms with van der Waals surface area (Å²) in [5.41, 5.74) is 2.95. The van der Waals surface area contributed by atoms with Crippen LogP contribution in [0.2, 0.25) is 0 Å². The third-order valence-corrected chi connectivity index (χ3v) is 5.43. The van der Waals surface area contributed by atoms with Gasteiger partial charge in [0.15, 0.2) is 0 Å². The molecule has 0 aromatic carbocycles. The Kier molecular flexibility index (Phi) is 3.71. The van der Waals surface area contributed by atoms with E-state index in [2.05, 4.69) is 10.3 Å². The predicted molar refractivity (Wildman–Crippen MR) is 91.1 cm³/mol. The zero-order chi connectivity index (χ0) is 15.6. The summed E-state index contributed by atoms with van der Waals surface area (Å²) in [4.78, 5) is 18.4. The molecule has 3 aromatic heterocycles. The molecule has 3 heterocycles. The number of aromatic nitrogens is 2. The Morgan fingerprint density at radius 3 is 2.87 bits per heavy atom. The van der Waals surface area contributed by atoms with Gasteiger partial charge in [-0.25, -0.2) is 0 Å². The first-order valence-corrected chi connectivity index (χ1v) is 8.60. The average Bonchev–Trinajstić information content (AvgIpc) is 3.29. The SMILES string of the molecule is O=C(NCc1ccccn1)c1c(-n2cccc2)sc2c1CCC2. The standard InChI is InChI=1S/C18H17N3OS/c22-17(20-12-13-6-1-2-9-19-13)16-14-7-5-8-15(14)23-18(16)21-10-3-4-11-21/h1-4,6,9-11H,5,7-8,12H2,(H,20,22). The summed E-state index contributed by atoms with van der Waals surface area (Å²) in [6.07, 6.45) is 8.97. The van der Waals surface area contributed by atoms with Gasteiger partial charge in [-0.2, -0.15) is 0 Å². The van der Waals surface area contributed by atoms with E-state index in [1.165, 1.54) is 10.4 Å². The monoisotopic (exact) mass is 323 g/mol. The lowest BCUT2D eigenvalue weighted by Gasteiger charge is -2.09. The molecule has 5 heteroatoms. The van der Waals surface area contributed by atoms with E-state index in [0.29, 0.717) is 6.54 Å². The number of nitrogens with one attached hydrogen (secondary N) is 1. The first kappa shape index (κ1) is 14.2. The molecule has 0 fully saturated rings. The lowest BCUT2D eigenvalue weighted by atomic mass is 10.1. The maximum Gasteiger partial charge on any atom is 0.254 e. The molecule has 23 heavy (non-hydrogen) atoms. The van der Waals surface area contributed by atoms with Crippen molar-refractivity contribution in [2.24, 2.45) is 0 Å². The van der Waals surface area contributed by atoms with E-state index in [1.807, 2.05) is 47.3 Å². The van der Waals surface area contributed by atoms with Crippen LogP contribution >= 0.6 is 11.3 Å². The fraction of sp³-hybridized carbons (Fsp3) is 0.222. The number of thiophene rings is 1. The summed E-state index contributed by atoms with van der Waals surface area (Å²) in [6, 6.07) is 9.70. The summed E-state index contributed by atoms with van der Waals surface area (Å²) in [7, 11) is 0. The van der Waals surface area contributed by atoms with Crippen LogP contribution in [-0.2, 0) is 19.4 Å². The van der Waals surface area contributed by atoms with Gasteiger partial charge in [0.05, 0.1) is 17.8 Å². The van der Waals surface area contributed by atoms with E-state index < -0.39 is 0 Å². The molecule has 1 aliphatic carbocycles. The number of fused-ring (bicyclic) bond motifs is 1. The first-order chi connectivity index (χ1) is 11.3. The van der Waals surface area contributed by atoms with Crippen molar-refractivity contribution in [2.45, 2.75) is 25.8 Å². The zero-order valence-electron chi connectivity index (χ0n) is 12.7. The summed E-state index contributed by atoms with van der Waals surface area (Å²) in [5.74, 6) is -0.00115. The van der Waals surface area contributed by atoms with Crippen molar-refractivity contribution in [3.63, 3.8) is 0 Å². The van der Waals surface area contributed by atoms with Gasteiger partial charge in [-0.3, -0.25) is 9.78 Å². The molecule has 0 aliphatic heterocycles. The minimum Gasteiger partial charge on any atom is -0.346 e. The third-order valence-electron chi connectivity index (χ3n) is 4.12. The lowest BCUT2D eigenvalue weighted by Crippen LogP contribution is -2.24. The molecule has 1 aliphatic rings. The van der Waals surface area contributed by atoms with Gasteiger partial charge in [0.2, 0.25) is 0 Å². The molecule has 0 saturated heterocycles. The van der Waals surface area contributed by atoms with Crippen LogP contribution in [0.5, 0.6) is 0 Å². The van der Waals surface area contributed by atoms with Crippen molar-refractivity contribution in [1.29, 1.82) is 0 Å². The van der Waals surface area contributed by atoms with Crippen molar-refractivity contribution < 1.29 is 4.79 Å². The van der Waals surface area contributed by atoms with Crippen LogP contribution in [0.4, 0.5) is 0 Å². The number of carbonyl (C=O) groups excluding carboxylic acids is 1. The molecular formula is C18H17N3OS. The van der Waals surface area contributed by atoms with Crippen molar-refractivity contribution in [3.8, 4) is 5.00 Å². The van der Waals surface area contributed by atoms with Crippen molar-refractivity contribution in [3.05, 3.63) is 70.6 Å². The van der Waals surface area contributed by atoms with Crippen LogP contribution in [0.15, 0.2) is 48.9 Å². The summed E-state index contributed by atoms with van der Waals surface area (Å²) < 4.78 is 2.04. The van der Waals surface area contributed by atoms with Crippen LogP contribution in [0.1, 0.15) is 32.9 Å². The number of rotatable bonds is 4. The van der Waals surface area contributed by atoms with Gasteiger partial charge < -0.3 is 9.88 Å². The van der Waals surface area contributed by atoms with Gasteiger partial charge in [0.25, 0.3) is 5.91 Å². The van der Waals surface area contributed by atoms with Crippen molar-refractivity contribution in [1.82, 2.24) is 14.9 Å². The predicted octanol–water partition coefficient (Wildman–Crippen LogP) is 3.35. The molecule has 0 spiro atoms. The second-order valence-electron chi connectivity index (χ2n) is 5.63. The Morgan fingerprint density at radius 1 is 1.22 bits per heavy atom. The van der Waals surface area contributed by atoms with E-state index >= 15 is 0 Å². The number of aryl methyl sites for hydroxylation is 1. The van der Waals surface area contributed by atoms with Crippen LogP contribution in [0.3, 0.4) is 0 Å². The molecule has 0 saturated carbocycles. The zero-order valence-corrected chi connectivity index (χ0v) is 13.5. The van der Waals surface area contributed by atoms with Gasteiger partial charge in [-0.15, -0.1) is 11.3 Å². The molecule has 3 aromatic rings. The van der Waals surface area contributed by atoms with Gasteiger partial charge >= 0.3 is 0 Å². The highest BCUT2D eigenvalue weighted by atomic mass is 32.1. The molecule has 116 valence electrons. The molecule has 4 nitrogen and oxygen atoms in total. The van der Waals surface area contributed by atoms with Gasteiger partial charge in [-0.1, -0.05) is 6.07 Å². The van der Waals surface area contributed by atoms with E-state index in [9.17, 15) is 4.79 Å². The van der Waals surface area contributed by atoms with E-state index in [4.69, 9.17) is 0 Å². The largest absolute Gasteiger partial charge is 0.346 e. The number of pyridine rings is 1. The minimum absolute atomic E-state index is 0.00115. The van der Waals surface area contributed by atoms with Gasteiger partial charge in [0.1, 0.15) is 5.00 Å². The second-order valence-corrected chi connectivity index (χ2v) is 6.72. The molecule has 0 atom stereocenters. The van der Waals surface area contributed by atoms with Crippen molar-refractivity contribution in [2.75, 3.05) is 0 Å². The molecule has 0 radical (unpaired) electrons.